The van der Waals surface area contributed by atoms with Crippen LogP contribution in [0.5, 0.6) is 0 Å². The monoisotopic (exact) mass is 486 g/mol. The van der Waals surface area contributed by atoms with E-state index >= 15 is 0 Å². The van der Waals surface area contributed by atoms with Gasteiger partial charge in [0.1, 0.15) is 9.88 Å². The summed E-state index contributed by atoms with van der Waals surface area (Å²) in [4.78, 5) is 41.2. The van der Waals surface area contributed by atoms with Crippen LogP contribution in [0.25, 0.3) is 10.6 Å². The van der Waals surface area contributed by atoms with Gasteiger partial charge in [-0.25, -0.2) is 4.98 Å². The molecule has 3 rings (SSSR count). The molecule has 1 aromatic heterocycles. The number of aromatic nitrogens is 1. The first kappa shape index (κ1) is 21.7. The predicted octanol–water partition coefficient (Wildman–Crippen LogP) is 3.46. The zero-order valence-corrected chi connectivity index (χ0v) is 18.5. The lowest BCUT2D eigenvalue weighted by Gasteiger charge is -2.08. The number of halogens is 1. The maximum atomic E-state index is 12.4. The first-order chi connectivity index (χ1) is 14.4. The molecule has 3 amide bonds. The Morgan fingerprint density at radius 1 is 0.967 bits per heavy atom. The van der Waals surface area contributed by atoms with Crippen molar-refractivity contribution < 1.29 is 14.4 Å². The van der Waals surface area contributed by atoms with Gasteiger partial charge < -0.3 is 5.32 Å². The Morgan fingerprint density at radius 3 is 2.37 bits per heavy atom. The van der Waals surface area contributed by atoms with Gasteiger partial charge in [-0.3, -0.25) is 25.2 Å². The molecule has 0 spiro atoms. The molecule has 0 saturated carbocycles. The highest BCUT2D eigenvalue weighted by atomic mass is 79.9. The zero-order valence-electron chi connectivity index (χ0n) is 16.1. The maximum absolute atomic E-state index is 12.4. The van der Waals surface area contributed by atoms with Gasteiger partial charge in [0.2, 0.25) is 5.91 Å². The van der Waals surface area contributed by atoms with E-state index in [4.69, 9.17) is 0 Å². The second-order valence-electron chi connectivity index (χ2n) is 6.31. The van der Waals surface area contributed by atoms with E-state index in [1.54, 1.807) is 31.2 Å². The van der Waals surface area contributed by atoms with Crippen molar-refractivity contribution in [1.82, 2.24) is 21.2 Å². The first-order valence-electron chi connectivity index (χ1n) is 9.10. The van der Waals surface area contributed by atoms with Gasteiger partial charge in [0, 0.05) is 28.6 Å². The fourth-order valence-electron chi connectivity index (χ4n) is 2.55. The van der Waals surface area contributed by atoms with Crippen LogP contribution in [0.4, 0.5) is 0 Å². The number of aryl methyl sites for hydroxylation is 1. The molecule has 0 aliphatic heterocycles. The van der Waals surface area contributed by atoms with E-state index in [1.165, 1.54) is 11.3 Å². The number of nitrogens with one attached hydrogen (secondary N) is 3. The molecular formula is C21H19BrN4O3S. The molecule has 2 aromatic carbocycles. The summed E-state index contributed by atoms with van der Waals surface area (Å²) in [6.45, 7) is 1.89. The summed E-state index contributed by atoms with van der Waals surface area (Å²) in [5, 5.41) is 3.40. The Morgan fingerprint density at radius 2 is 1.67 bits per heavy atom. The van der Waals surface area contributed by atoms with Crippen LogP contribution in [0, 0.1) is 6.92 Å². The molecule has 0 atom stereocenters. The lowest BCUT2D eigenvalue weighted by atomic mass is 10.2. The average Bonchev–Trinajstić information content (AvgIpc) is 3.15. The molecule has 0 aliphatic rings. The van der Waals surface area contributed by atoms with Crippen molar-refractivity contribution in [3.05, 3.63) is 75.2 Å². The van der Waals surface area contributed by atoms with Crippen molar-refractivity contribution in [3.8, 4) is 10.6 Å². The summed E-state index contributed by atoms with van der Waals surface area (Å²) in [5.41, 5.74) is 6.77. The molecule has 0 unspecified atom stereocenters. The molecule has 0 aliphatic carbocycles. The molecule has 7 nitrogen and oxygen atoms in total. The number of amides is 3. The topological polar surface area (TPSA) is 100 Å². The van der Waals surface area contributed by atoms with Crippen molar-refractivity contribution >= 4 is 45.0 Å². The van der Waals surface area contributed by atoms with Crippen LogP contribution in [0.1, 0.15) is 32.1 Å². The molecule has 154 valence electrons. The number of carbonyl (C=O) groups excluding carboxylic acids is 3. The number of carbonyl (C=O) groups is 3. The minimum Gasteiger partial charge on any atom is -0.352 e. The van der Waals surface area contributed by atoms with Crippen LogP contribution in [0.15, 0.2) is 59.1 Å². The number of hydrazine groups is 1. The van der Waals surface area contributed by atoms with Gasteiger partial charge in [-0.2, -0.15) is 0 Å². The Kier molecular flexibility index (Phi) is 7.31. The van der Waals surface area contributed by atoms with Crippen molar-refractivity contribution in [2.75, 3.05) is 6.54 Å². The number of benzene rings is 2. The minimum absolute atomic E-state index is 0.0273. The Labute approximate surface area is 186 Å². The van der Waals surface area contributed by atoms with Gasteiger partial charge in [0.25, 0.3) is 11.8 Å². The normalized spacial score (nSPS) is 10.3. The van der Waals surface area contributed by atoms with E-state index in [1.807, 2.05) is 30.3 Å². The second-order valence-corrected chi connectivity index (χ2v) is 8.23. The third kappa shape index (κ3) is 5.74. The van der Waals surface area contributed by atoms with Crippen LogP contribution in [0.3, 0.4) is 0 Å². The fraction of sp³-hybridized carbons (Fsp3) is 0.143. The number of hydrogen-bond acceptors (Lipinski definition) is 5. The van der Waals surface area contributed by atoms with Crippen LogP contribution in [0.2, 0.25) is 0 Å². The van der Waals surface area contributed by atoms with E-state index in [0.29, 0.717) is 16.1 Å². The molecule has 1 heterocycles. The van der Waals surface area contributed by atoms with Crippen molar-refractivity contribution in [2.45, 2.75) is 13.3 Å². The number of hydrogen-bond donors (Lipinski definition) is 3. The van der Waals surface area contributed by atoms with E-state index < -0.39 is 11.8 Å². The van der Waals surface area contributed by atoms with Crippen LogP contribution in [-0.2, 0) is 4.79 Å². The van der Waals surface area contributed by atoms with E-state index in [0.717, 1.165) is 15.0 Å². The van der Waals surface area contributed by atoms with Crippen LogP contribution >= 0.6 is 27.3 Å². The smallest absolute Gasteiger partial charge is 0.281 e. The summed E-state index contributed by atoms with van der Waals surface area (Å²) in [5.74, 6) is -1.11. The molecule has 30 heavy (non-hydrogen) atoms. The molecule has 3 N–H and O–H groups in total. The first-order valence-corrected chi connectivity index (χ1v) is 10.7. The highest BCUT2D eigenvalue weighted by molar-refractivity contribution is 9.10. The average molecular weight is 487 g/mol. The summed E-state index contributed by atoms with van der Waals surface area (Å²) in [6, 6.07) is 16.5. The summed E-state index contributed by atoms with van der Waals surface area (Å²) < 4.78 is 0.876. The molecule has 9 heteroatoms. The molecular weight excluding hydrogens is 468 g/mol. The number of nitrogens with zero attached hydrogens (tertiary/aromatic N) is 1. The second kappa shape index (κ2) is 10.1. The van der Waals surface area contributed by atoms with Crippen LogP contribution < -0.4 is 16.2 Å². The highest BCUT2D eigenvalue weighted by Gasteiger charge is 2.16. The zero-order chi connectivity index (χ0) is 21.5. The third-order valence-electron chi connectivity index (χ3n) is 4.08. The van der Waals surface area contributed by atoms with Gasteiger partial charge in [0.05, 0.1) is 5.69 Å². The standard InChI is InChI=1S/C21H19BrN4O3S/c1-13-18(30-21(24-13)15-5-3-2-4-6-15)20(29)26-25-17(27)11-12-23-19(28)14-7-9-16(22)10-8-14/h2-10H,11-12H2,1H3,(H,23,28)(H,25,27)(H,26,29). The summed E-state index contributed by atoms with van der Waals surface area (Å²) in [6.07, 6.45) is 0.0273. The molecule has 0 fully saturated rings. The van der Waals surface area contributed by atoms with Gasteiger partial charge in [-0.15, -0.1) is 11.3 Å². The van der Waals surface area contributed by atoms with E-state index in [9.17, 15) is 14.4 Å². The quantitative estimate of drug-likeness (QED) is 0.464. The van der Waals surface area contributed by atoms with E-state index in [2.05, 4.69) is 37.1 Å². The summed E-state index contributed by atoms with van der Waals surface area (Å²) in [7, 11) is 0. The molecule has 3 aromatic rings. The highest BCUT2D eigenvalue weighted by Crippen LogP contribution is 2.27. The molecule has 0 saturated heterocycles. The Balaban J connectivity index is 1.45. The maximum Gasteiger partial charge on any atom is 0.281 e. The van der Waals surface area contributed by atoms with Gasteiger partial charge in [-0.1, -0.05) is 46.3 Å². The minimum atomic E-state index is -0.431. The third-order valence-corrected chi connectivity index (χ3v) is 5.82. The predicted molar refractivity (Wildman–Crippen MR) is 119 cm³/mol. The largest absolute Gasteiger partial charge is 0.352 e. The summed E-state index contributed by atoms with van der Waals surface area (Å²) >= 11 is 4.57. The lowest BCUT2D eigenvalue weighted by molar-refractivity contribution is -0.121. The number of thiazole rings is 1. The van der Waals surface area contributed by atoms with E-state index in [-0.39, 0.29) is 18.9 Å². The van der Waals surface area contributed by atoms with Crippen molar-refractivity contribution in [3.63, 3.8) is 0 Å². The Hall–Kier alpha value is -3.04. The Bertz CT molecular complexity index is 1050. The van der Waals surface area contributed by atoms with Crippen molar-refractivity contribution in [1.29, 1.82) is 0 Å². The fourth-order valence-corrected chi connectivity index (χ4v) is 3.78. The van der Waals surface area contributed by atoms with Gasteiger partial charge >= 0.3 is 0 Å². The molecule has 0 bridgehead atoms. The SMILES string of the molecule is Cc1nc(-c2ccccc2)sc1C(=O)NNC(=O)CCNC(=O)c1ccc(Br)cc1. The van der Waals surface area contributed by atoms with Gasteiger partial charge in [0.15, 0.2) is 0 Å². The molecule has 0 radical (unpaired) electrons. The van der Waals surface area contributed by atoms with Crippen LogP contribution in [-0.4, -0.2) is 29.3 Å². The lowest BCUT2D eigenvalue weighted by Crippen LogP contribution is -2.42. The number of rotatable bonds is 6. The van der Waals surface area contributed by atoms with Gasteiger partial charge in [-0.05, 0) is 31.2 Å². The van der Waals surface area contributed by atoms with Crippen molar-refractivity contribution in [2.24, 2.45) is 0 Å².